The summed E-state index contributed by atoms with van der Waals surface area (Å²) in [5, 5.41) is 4.62. The van der Waals surface area contributed by atoms with Gasteiger partial charge in [0.25, 0.3) is 0 Å². The van der Waals surface area contributed by atoms with Crippen LogP contribution in [0.2, 0.25) is 0 Å². The Morgan fingerprint density at radius 1 is 1.23 bits per heavy atom. The van der Waals surface area contributed by atoms with E-state index in [4.69, 9.17) is 4.98 Å². The first-order chi connectivity index (χ1) is 12.7. The molecule has 4 rings (SSSR count). The molecule has 2 N–H and O–H groups in total. The van der Waals surface area contributed by atoms with E-state index in [1.807, 2.05) is 18.5 Å². The average molecular weight is 344 g/mol. The fraction of sp³-hybridized carbons (Fsp3) is 0.273. The van der Waals surface area contributed by atoms with Crippen LogP contribution in [0.15, 0.2) is 60.5 Å². The first-order valence-corrected chi connectivity index (χ1v) is 9.17. The van der Waals surface area contributed by atoms with E-state index in [-0.39, 0.29) is 0 Å². The second-order valence-corrected chi connectivity index (χ2v) is 7.04. The summed E-state index contributed by atoms with van der Waals surface area (Å²) in [5.41, 5.74) is 5.83. The molecule has 3 aromatic rings. The highest BCUT2D eigenvalue weighted by molar-refractivity contribution is 5.79. The monoisotopic (exact) mass is 344 g/mol. The molecular weight excluding hydrogens is 320 g/mol. The molecule has 0 fully saturated rings. The second-order valence-electron chi connectivity index (χ2n) is 7.04. The smallest absolute Gasteiger partial charge is 0.137 e. The summed E-state index contributed by atoms with van der Waals surface area (Å²) in [6.45, 7) is 5.14. The number of rotatable bonds is 5. The average Bonchev–Trinajstić information content (AvgIpc) is 3.06. The van der Waals surface area contributed by atoms with Gasteiger partial charge in [-0.1, -0.05) is 31.2 Å². The van der Waals surface area contributed by atoms with Crippen molar-refractivity contribution in [2.45, 2.75) is 26.7 Å². The Morgan fingerprint density at radius 3 is 2.96 bits per heavy atom. The standard InChI is InChI=1S/C22H24N4/c1-15-5-7-17(8-6-15)13-24-21-10-9-18(16(2)26-21)12-19-14-25-22-20(19)4-3-11-23-22/h3-5,7-11,14-15H,6,12-13H2,1-2H3,(H,23,25)(H,24,26). The first kappa shape index (κ1) is 16.6. The normalized spacial score (nSPS) is 16.7. The molecule has 3 aromatic heterocycles. The maximum Gasteiger partial charge on any atom is 0.137 e. The van der Waals surface area contributed by atoms with Crippen LogP contribution >= 0.6 is 0 Å². The Bertz CT molecular complexity index is 981. The number of H-pyrrole nitrogens is 1. The number of pyridine rings is 2. The molecule has 0 radical (unpaired) electrons. The minimum atomic E-state index is 0.651. The van der Waals surface area contributed by atoms with Crippen LogP contribution in [-0.2, 0) is 6.42 Å². The maximum absolute atomic E-state index is 4.74. The topological polar surface area (TPSA) is 53.6 Å². The van der Waals surface area contributed by atoms with Gasteiger partial charge < -0.3 is 10.3 Å². The van der Waals surface area contributed by atoms with Gasteiger partial charge in [-0.25, -0.2) is 9.97 Å². The number of nitrogens with zero attached hydrogens (tertiary/aromatic N) is 2. The second kappa shape index (κ2) is 7.16. The first-order valence-electron chi connectivity index (χ1n) is 9.17. The van der Waals surface area contributed by atoms with Gasteiger partial charge in [-0.15, -0.1) is 0 Å². The summed E-state index contributed by atoms with van der Waals surface area (Å²) in [6, 6.07) is 8.34. The highest BCUT2D eigenvalue weighted by Crippen LogP contribution is 2.22. The number of hydrogen-bond donors (Lipinski definition) is 2. The number of aromatic nitrogens is 3. The summed E-state index contributed by atoms with van der Waals surface area (Å²) < 4.78 is 0. The van der Waals surface area contributed by atoms with Gasteiger partial charge in [-0.2, -0.15) is 0 Å². The quantitative estimate of drug-likeness (QED) is 0.699. The molecule has 0 saturated carbocycles. The van der Waals surface area contributed by atoms with Crippen molar-refractivity contribution in [1.29, 1.82) is 0 Å². The molecule has 132 valence electrons. The molecule has 0 spiro atoms. The van der Waals surface area contributed by atoms with Crippen molar-refractivity contribution in [3.63, 3.8) is 0 Å². The van der Waals surface area contributed by atoms with Crippen LogP contribution in [-0.4, -0.2) is 21.5 Å². The molecule has 1 aliphatic carbocycles. The van der Waals surface area contributed by atoms with Crippen LogP contribution in [0.5, 0.6) is 0 Å². The largest absolute Gasteiger partial charge is 0.366 e. The Labute approximate surface area is 154 Å². The fourth-order valence-corrected chi connectivity index (χ4v) is 3.33. The minimum absolute atomic E-state index is 0.651. The van der Waals surface area contributed by atoms with Crippen molar-refractivity contribution in [3.05, 3.63) is 77.3 Å². The van der Waals surface area contributed by atoms with Crippen molar-refractivity contribution in [2.75, 3.05) is 11.9 Å². The fourth-order valence-electron chi connectivity index (χ4n) is 3.33. The highest BCUT2D eigenvalue weighted by Gasteiger charge is 2.09. The number of nitrogens with one attached hydrogen (secondary N) is 2. The van der Waals surface area contributed by atoms with Gasteiger partial charge in [0, 0.05) is 36.4 Å². The van der Waals surface area contributed by atoms with Crippen molar-refractivity contribution >= 4 is 16.9 Å². The number of aromatic amines is 1. The lowest BCUT2D eigenvalue weighted by Crippen LogP contribution is -2.08. The van der Waals surface area contributed by atoms with E-state index in [0.29, 0.717) is 5.92 Å². The Hall–Kier alpha value is -2.88. The number of anilines is 1. The summed E-state index contributed by atoms with van der Waals surface area (Å²) in [6.07, 6.45) is 12.6. The molecule has 0 bridgehead atoms. The number of allylic oxidation sites excluding steroid dienone is 2. The van der Waals surface area contributed by atoms with Gasteiger partial charge in [0.05, 0.1) is 0 Å². The Morgan fingerprint density at radius 2 is 2.15 bits per heavy atom. The molecular formula is C22H24N4. The number of hydrogen-bond acceptors (Lipinski definition) is 3. The van der Waals surface area contributed by atoms with Crippen LogP contribution in [0.1, 0.15) is 30.2 Å². The van der Waals surface area contributed by atoms with Gasteiger partial charge in [0.1, 0.15) is 11.5 Å². The van der Waals surface area contributed by atoms with E-state index in [1.165, 1.54) is 22.1 Å². The van der Waals surface area contributed by atoms with Crippen molar-refractivity contribution in [3.8, 4) is 0 Å². The third-order valence-corrected chi connectivity index (χ3v) is 4.98. The molecule has 0 saturated heterocycles. The number of aryl methyl sites for hydroxylation is 1. The van der Waals surface area contributed by atoms with E-state index >= 15 is 0 Å². The lowest BCUT2D eigenvalue weighted by Gasteiger charge is -2.14. The van der Waals surface area contributed by atoms with Crippen LogP contribution in [0, 0.1) is 12.8 Å². The molecule has 26 heavy (non-hydrogen) atoms. The van der Waals surface area contributed by atoms with Crippen LogP contribution in [0.3, 0.4) is 0 Å². The van der Waals surface area contributed by atoms with E-state index in [9.17, 15) is 0 Å². The molecule has 4 heteroatoms. The summed E-state index contributed by atoms with van der Waals surface area (Å²) in [5.74, 6) is 1.58. The van der Waals surface area contributed by atoms with Gasteiger partial charge in [0.2, 0.25) is 0 Å². The third-order valence-electron chi connectivity index (χ3n) is 4.98. The van der Waals surface area contributed by atoms with E-state index in [0.717, 1.165) is 36.5 Å². The van der Waals surface area contributed by atoms with E-state index in [2.05, 4.69) is 65.6 Å². The maximum atomic E-state index is 4.74. The molecule has 0 aromatic carbocycles. The van der Waals surface area contributed by atoms with Gasteiger partial charge in [-0.3, -0.25) is 0 Å². The Kier molecular flexibility index (Phi) is 4.57. The van der Waals surface area contributed by atoms with Crippen LogP contribution in [0.4, 0.5) is 5.82 Å². The molecule has 0 aliphatic heterocycles. The van der Waals surface area contributed by atoms with Gasteiger partial charge >= 0.3 is 0 Å². The van der Waals surface area contributed by atoms with Crippen molar-refractivity contribution in [2.24, 2.45) is 5.92 Å². The summed E-state index contributed by atoms with van der Waals surface area (Å²) in [4.78, 5) is 12.3. The van der Waals surface area contributed by atoms with Gasteiger partial charge in [0.15, 0.2) is 0 Å². The summed E-state index contributed by atoms with van der Waals surface area (Å²) in [7, 11) is 0. The number of fused-ring (bicyclic) bond motifs is 1. The Balaban J connectivity index is 1.45. The molecule has 1 unspecified atom stereocenters. The van der Waals surface area contributed by atoms with E-state index in [1.54, 1.807) is 0 Å². The molecule has 3 heterocycles. The minimum Gasteiger partial charge on any atom is -0.366 e. The van der Waals surface area contributed by atoms with Crippen molar-refractivity contribution < 1.29 is 0 Å². The predicted octanol–water partition coefficient (Wildman–Crippen LogP) is 4.79. The van der Waals surface area contributed by atoms with Gasteiger partial charge in [-0.05, 0) is 54.2 Å². The lowest BCUT2D eigenvalue weighted by molar-refractivity contribution is 0.729. The zero-order valence-electron chi connectivity index (χ0n) is 15.3. The third kappa shape index (κ3) is 3.54. The lowest BCUT2D eigenvalue weighted by atomic mass is 9.98. The molecule has 4 nitrogen and oxygen atoms in total. The highest BCUT2D eigenvalue weighted by atomic mass is 15.0. The molecule has 1 aliphatic rings. The van der Waals surface area contributed by atoms with Crippen molar-refractivity contribution in [1.82, 2.24) is 15.0 Å². The predicted molar refractivity (Wildman–Crippen MR) is 107 cm³/mol. The van der Waals surface area contributed by atoms with Crippen LogP contribution in [0.25, 0.3) is 11.0 Å². The SMILES string of the molecule is Cc1nc(NCC2=CCC(C)C=C2)ccc1Cc1c[nH]c2ncccc12. The van der Waals surface area contributed by atoms with E-state index < -0.39 is 0 Å². The zero-order chi connectivity index (χ0) is 17.9. The summed E-state index contributed by atoms with van der Waals surface area (Å²) >= 11 is 0. The zero-order valence-corrected chi connectivity index (χ0v) is 15.3. The van der Waals surface area contributed by atoms with Crippen LogP contribution < -0.4 is 5.32 Å². The molecule has 0 amide bonds. The molecule has 1 atom stereocenters.